The molecule has 2 aliphatic heterocycles. The van der Waals surface area contributed by atoms with Crippen molar-refractivity contribution in [2.24, 2.45) is 0 Å². The van der Waals surface area contributed by atoms with Gasteiger partial charge in [-0.05, 0) is 154 Å². The topological polar surface area (TPSA) is 32.8 Å². The van der Waals surface area contributed by atoms with Gasteiger partial charge in [0.15, 0.2) is 0 Å². The van der Waals surface area contributed by atoms with E-state index in [2.05, 4.69) is 227 Å². The number of aryl methyl sites for hydroxylation is 4. The molecule has 9 aromatic rings. The third-order valence-electron chi connectivity index (χ3n) is 14.4. The SMILES string of the molecule is Cc1cc2c3c(c1)N(c1c(C)cc(C(C)(C)C)cc1C)c1c(oc4ccc(C(C)(C)C)cc14)B3c1cc(-c3cc4ccccc4o3)ccc1N2c1c(C)cc(C(C)(C)C)cc1-c1ccccc1. The molecule has 11 rings (SSSR count). The van der Waals surface area contributed by atoms with Crippen LogP contribution < -0.4 is 26.4 Å². The van der Waals surface area contributed by atoms with Crippen LogP contribution in [0, 0.1) is 27.7 Å². The van der Waals surface area contributed by atoms with Crippen LogP contribution in [0.15, 0.2) is 142 Å². The van der Waals surface area contributed by atoms with E-state index in [0.717, 1.165) is 50.3 Å². The lowest BCUT2D eigenvalue weighted by Crippen LogP contribution is -2.61. The van der Waals surface area contributed by atoms with Crippen molar-refractivity contribution in [1.29, 1.82) is 0 Å². The molecule has 0 saturated carbocycles. The molecule has 67 heavy (non-hydrogen) atoms. The van der Waals surface area contributed by atoms with Gasteiger partial charge >= 0.3 is 0 Å². The van der Waals surface area contributed by atoms with E-state index in [9.17, 15) is 0 Å². The second kappa shape index (κ2) is 14.9. The zero-order valence-corrected chi connectivity index (χ0v) is 41.5. The average Bonchev–Trinajstić information content (AvgIpc) is 3.88. The Morgan fingerprint density at radius 2 is 1.06 bits per heavy atom. The zero-order chi connectivity index (χ0) is 47.1. The Morgan fingerprint density at radius 1 is 0.448 bits per heavy atom. The minimum Gasteiger partial charge on any atom is -0.468 e. The first-order valence-corrected chi connectivity index (χ1v) is 24.0. The molecule has 0 atom stereocenters. The minimum absolute atomic E-state index is 0.00271. The first-order chi connectivity index (χ1) is 31.8. The van der Waals surface area contributed by atoms with Gasteiger partial charge in [0.1, 0.15) is 16.9 Å². The maximum absolute atomic E-state index is 7.42. The molecule has 2 aromatic heterocycles. The Morgan fingerprint density at radius 3 is 1.72 bits per heavy atom. The smallest absolute Gasteiger partial charge is 0.297 e. The largest absolute Gasteiger partial charge is 0.468 e. The van der Waals surface area contributed by atoms with E-state index in [0.29, 0.717) is 0 Å². The van der Waals surface area contributed by atoms with Gasteiger partial charge < -0.3 is 18.6 Å². The van der Waals surface area contributed by atoms with Crippen molar-refractivity contribution in [3.63, 3.8) is 0 Å². The second-order valence-corrected chi connectivity index (χ2v) is 22.5. The number of furan rings is 2. The van der Waals surface area contributed by atoms with Crippen LogP contribution in [0.25, 0.3) is 44.4 Å². The average molecular weight is 877 g/mol. The Hall–Kier alpha value is -6.72. The highest BCUT2D eigenvalue weighted by Crippen LogP contribution is 2.52. The predicted octanol–water partition coefficient (Wildman–Crippen LogP) is 15.7. The fraction of sp³-hybridized carbons (Fsp3) is 0.258. The van der Waals surface area contributed by atoms with Crippen LogP contribution in [0.3, 0.4) is 0 Å². The molecular weight excluding hydrogens is 816 g/mol. The molecule has 4 heterocycles. The summed E-state index contributed by atoms with van der Waals surface area (Å²) in [7, 11) is 0. The quantitative estimate of drug-likeness (QED) is 0.165. The lowest BCUT2D eigenvalue weighted by atomic mass is 9.35. The van der Waals surface area contributed by atoms with Crippen LogP contribution >= 0.6 is 0 Å². The summed E-state index contributed by atoms with van der Waals surface area (Å²) in [6.07, 6.45) is 0. The van der Waals surface area contributed by atoms with Gasteiger partial charge in [-0.3, -0.25) is 0 Å². The highest BCUT2D eigenvalue weighted by molar-refractivity contribution is 7.00. The highest BCUT2D eigenvalue weighted by Gasteiger charge is 2.48. The van der Waals surface area contributed by atoms with Gasteiger partial charge in [-0.1, -0.05) is 141 Å². The van der Waals surface area contributed by atoms with Gasteiger partial charge in [-0.2, -0.15) is 0 Å². The number of nitrogens with zero attached hydrogens (tertiary/aromatic N) is 2. The Bertz CT molecular complexity index is 3420. The van der Waals surface area contributed by atoms with E-state index >= 15 is 0 Å². The minimum atomic E-state index is -0.221. The Labute approximate surface area is 397 Å². The zero-order valence-electron chi connectivity index (χ0n) is 41.5. The van der Waals surface area contributed by atoms with E-state index in [4.69, 9.17) is 8.83 Å². The standard InChI is InChI=1S/C62H61BN2O2/c1-36-27-50-55-51(28-36)65(56-37(2)29-44(30-38(56)3)61(8,9)10)58-47-34-43(60(5,6)7)24-26-53(47)67-59(58)63(55)48-32-42(54-33-41-21-17-18-22-52(41)66-54)23-25-49(48)64(50)57-39(4)31-45(62(11,12)13)35-46(57)40-19-15-14-16-20-40/h14-35H,1-13H3. The first kappa shape index (κ1) is 42.9. The van der Waals surface area contributed by atoms with Crippen LogP contribution in [0.1, 0.15) is 101 Å². The molecule has 2 aliphatic rings. The monoisotopic (exact) mass is 876 g/mol. The lowest BCUT2D eigenvalue weighted by Gasteiger charge is -2.44. The van der Waals surface area contributed by atoms with Crippen molar-refractivity contribution in [2.75, 3.05) is 9.80 Å². The molecule has 334 valence electrons. The van der Waals surface area contributed by atoms with E-state index in [-0.39, 0.29) is 23.0 Å². The van der Waals surface area contributed by atoms with E-state index < -0.39 is 0 Å². The second-order valence-electron chi connectivity index (χ2n) is 22.5. The molecule has 7 aromatic carbocycles. The molecule has 0 N–H and O–H groups in total. The molecule has 0 fully saturated rings. The van der Waals surface area contributed by atoms with Gasteiger partial charge in [0, 0.05) is 39.0 Å². The predicted molar refractivity (Wildman–Crippen MR) is 286 cm³/mol. The molecule has 0 spiro atoms. The maximum atomic E-state index is 7.42. The van der Waals surface area contributed by atoms with Crippen molar-refractivity contribution in [2.45, 2.75) is 106 Å². The number of rotatable bonds is 4. The number of benzene rings is 7. The molecule has 5 heteroatoms. The van der Waals surface area contributed by atoms with Crippen molar-refractivity contribution >= 4 is 79.4 Å². The Balaban J connectivity index is 1.28. The number of hydrogen-bond donors (Lipinski definition) is 0. The Kier molecular flexibility index (Phi) is 9.53. The molecule has 0 bridgehead atoms. The molecule has 0 radical (unpaired) electrons. The number of anilines is 6. The number of fused-ring (bicyclic) bond motifs is 7. The van der Waals surface area contributed by atoms with Gasteiger partial charge in [0.05, 0.1) is 22.7 Å². The molecule has 0 amide bonds. The fourth-order valence-corrected chi connectivity index (χ4v) is 10.9. The third-order valence-corrected chi connectivity index (χ3v) is 14.4. The summed E-state index contributed by atoms with van der Waals surface area (Å²) in [4.78, 5) is 5.16. The van der Waals surface area contributed by atoms with Crippen molar-refractivity contribution < 1.29 is 8.83 Å². The molecular formula is C62H61BN2O2. The summed E-state index contributed by atoms with van der Waals surface area (Å²) in [5.41, 5.74) is 24.3. The van der Waals surface area contributed by atoms with Gasteiger partial charge in [-0.25, -0.2) is 0 Å². The summed E-state index contributed by atoms with van der Waals surface area (Å²) >= 11 is 0. The van der Waals surface area contributed by atoms with E-state index in [1.54, 1.807) is 0 Å². The normalized spacial score (nSPS) is 13.7. The molecule has 0 aliphatic carbocycles. The highest BCUT2D eigenvalue weighted by atomic mass is 16.3. The van der Waals surface area contributed by atoms with Crippen molar-refractivity contribution in [3.05, 3.63) is 172 Å². The van der Waals surface area contributed by atoms with E-state index in [1.807, 2.05) is 6.07 Å². The first-order valence-electron chi connectivity index (χ1n) is 24.0. The molecule has 4 nitrogen and oxygen atoms in total. The summed E-state index contributed by atoms with van der Waals surface area (Å²) in [6.45, 7) is 29.7. The van der Waals surface area contributed by atoms with Crippen LogP contribution in [0.4, 0.5) is 34.1 Å². The summed E-state index contributed by atoms with van der Waals surface area (Å²) < 4.78 is 14.1. The van der Waals surface area contributed by atoms with Crippen molar-refractivity contribution in [1.82, 2.24) is 0 Å². The third kappa shape index (κ3) is 6.87. The summed E-state index contributed by atoms with van der Waals surface area (Å²) in [5, 5.41) is 2.22. The lowest BCUT2D eigenvalue weighted by molar-refractivity contribution is 0.589. The van der Waals surface area contributed by atoms with Crippen LogP contribution in [-0.4, -0.2) is 6.71 Å². The van der Waals surface area contributed by atoms with Crippen LogP contribution in [0.5, 0.6) is 0 Å². The van der Waals surface area contributed by atoms with E-state index in [1.165, 1.54) is 83.7 Å². The van der Waals surface area contributed by atoms with Gasteiger partial charge in [0.2, 0.25) is 0 Å². The van der Waals surface area contributed by atoms with Gasteiger partial charge in [-0.15, -0.1) is 0 Å². The maximum Gasteiger partial charge on any atom is 0.297 e. The fourth-order valence-electron chi connectivity index (χ4n) is 10.9. The van der Waals surface area contributed by atoms with Gasteiger partial charge in [0.25, 0.3) is 6.71 Å². The summed E-state index contributed by atoms with van der Waals surface area (Å²) in [6, 6.07) is 49.8. The number of para-hydroxylation sites is 1. The van der Waals surface area contributed by atoms with Crippen LogP contribution in [0.2, 0.25) is 0 Å². The number of hydrogen-bond acceptors (Lipinski definition) is 4. The van der Waals surface area contributed by atoms with Crippen LogP contribution in [-0.2, 0) is 16.2 Å². The summed E-state index contributed by atoms with van der Waals surface area (Å²) in [5.74, 6) is 0.850. The van der Waals surface area contributed by atoms with Crippen molar-refractivity contribution in [3.8, 4) is 22.5 Å². The molecule has 0 saturated heterocycles. The molecule has 0 unspecified atom stereocenters.